The van der Waals surface area contributed by atoms with Crippen molar-refractivity contribution < 1.29 is 9.90 Å². The molecule has 0 aliphatic heterocycles. The van der Waals surface area contributed by atoms with E-state index in [1.165, 1.54) is 24.6 Å². The molecule has 1 unspecified atom stereocenters. The minimum atomic E-state index is -0.823. The Morgan fingerprint density at radius 2 is 2.31 bits per heavy atom. The number of aliphatic carboxylic acids is 1. The molecule has 2 rings (SSSR count). The minimum Gasteiger partial charge on any atom is -0.481 e. The van der Waals surface area contributed by atoms with E-state index in [1.54, 1.807) is 0 Å². The molecule has 0 spiro atoms. The second-order valence-electron chi connectivity index (χ2n) is 4.16. The number of thioether (sulfide) groups is 1. The van der Waals surface area contributed by atoms with Gasteiger partial charge in [0.2, 0.25) is 0 Å². The molecule has 6 heteroatoms. The first-order chi connectivity index (χ1) is 7.59. The first-order valence-corrected chi connectivity index (χ1v) is 6.34. The standard InChI is InChI=1S/C10H15N3O2S/c1-6(8-3-4-8)13-7(2)11-12-10(13)16-5-9(14)15/h6,8H,3-5H2,1-2H3,(H,14,15). The molecule has 0 saturated heterocycles. The predicted octanol–water partition coefficient (Wildman–Crippen LogP) is 1.73. The Balaban J connectivity index is 2.14. The predicted molar refractivity (Wildman–Crippen MR) is 60.6 cm³/mol. The zero-order valence-corrected chi connectivity index (χ0v) is 10.2. The monoisotopic (exact) mass is 241 g/mol. The van der Waals surface area contributed by atoms with Crippen LogP contribution in [0.4, 0.5) is 0 Å². The van der Waals surface area contributed by atoms with Crippen LogP contribution in [0.1, 0.15) is 31.6 Å². The molecule has 1 aliphatic carbocycles. The van der Waals surface area contributed by atoms with E-state index in [4.69, 9.17) is 5.11 Å². The summed E-state index contributed by atoms with van der Waals surface area (Å²) < 4.78 is 2.06. The molecule has 1 heterocycles. The first kappa shape index (κ1) is 11.4. The Labute approximate surface area is 98.3 Å². The van der Waals surface area contributed by atoms with Crippen LogP contribution in [0.5, 0.6) is 0 Å². The lowest BCUT2D eigenvalue weighted by molar-refractivity contribution is -0.133. The van der Waals surface area contributed by atoms with E-state index in [2.05, 4.69) is 21.7 Å². The fraction of sp³-hybridized carbons (Fsp3) is 0.700. The summed E-state index contributed by atoms with van der Waals surface area (Å²) in [7, 11) is 0. The van der Waals surface area contributed by atoms with Gasteiger partial charge in [-0.15, -0.1) is 10.2 Å². The Kier molecular flexibility index (Phi) is 3.18. The van der Waals surface area contributed by atoms with E-state index in [1.807, 2.05) is 6.92 Å². The molecule has 1 aliphatic rings. The van der Waals surface area contributed by atoms with Crippen molar-refractivity contribution in [3.63, 3.8) is 0 Å². The molecule has 0 radical (unpaired) electrons. The summed E-state index contributed by atoms with van der Waals surface area (Å²) in [4.78, 5) is 10.5. The highest BCUT2D eigenvalue weighted by atomic mass is 32.2. The lowest BCUT2D eigenvalue weighted by Crippen LogP contribution is -2.11. The van der Waals surface area contributed by atoms with Crippen molar-refractivity contribution in [2.24, 2.45) is 5.92 Å². The van der Waals surface area contributed by atoms with Crippen molar-refractivity contribution in [1.29, 1.82) is 0 Å². The topological polar surface area (TPSA) is 68.0 Å². The number of rotatable bonds is 5. The van der Waals surface area contributed by atoms with Gasteiger partial charge in [-0.25, -0.2) is 0 Å². The third-order valence-electron chi connectivity index (χ3n) is 2.87. The fourth-order valence-corrected chi connectivity index (χ4v) is 2.62. The van der Waals surface area contributed by atoms with E-state index < -0.39 is 5.97 Å². The van der Waals surface area contributed by atoms with Crippen LogP contribution in [0.2, 0.25) is 0 Å². The Bertz CT molecular complexity index is 401. The van der Waals surface area contributed by atoms with Crippen LogP contribution < -0.4 is 0 Å². The number of hydrogen-bond acceptors (Lipinski definition) is 4. The van der Waals surface area contributed by atoms with Crippen molar-refractivity contribution in [3.8, 4) is 0 Å². The molecule has 1 aromatic heterocycles. The van der Waals surface area contributed by atoms with Gasteiger partial charge in [-0.1, -0.05) is 11.8 Å². The summed E-state index contributed by atoms with van der Waals surface area (Å²) >= 11 is 1.24. The second-order valence-corrected chi connectivity index (χ2v) is 5.10. The average Bonchev–Trinajstić information content (AvgIpc) is 2.99. The molecule has 5 nitrogen and oxygen atoms in total. The lowest BCUT2D eigenvalue weighted by Gasteiger charge is -2.15. The van der Waals surface area contributed by atoms with E-state index >= 15 is 0 Å². The Hall–Kier alpha value is -1.04. The molecule has 88 valence electrons. The Morgan fingerprint density at radius 3 is 2.88 bits per heavy atom. The van der Waals surface area contributed by atoms with Crippen molar-refractivity contribution in [2.75, 3.05) is 5.75 Å². The third-order valence-corrected chi connectivity index (χ3v) is 3.80. The van der Waals surface area contributed by atoms with Gasteiger partial charge in [0.15, 0.2) is 5.16 Å². The maximum atomic E-state index is 10.5. The highest BCUT2D eigenvalue weighted by Gasteiger charge is 2.31. The summed E-state index contributed by atoms with van der Waals surface area (Å²) in [5, 5.41) is 17.4. The van der Waals surface area contributed by atoms with Gasteiger partial charge in [0.1, 0.15) is 5.82 Å². The largest absolute Gasteiger partial charge is 0.481 e. The first-order valence-electron chi connectivity index (χ1n) is 5.35. The van der Waals surface area contributed by atoms with Gasteiger partial charge in [-0.3, -0.25) is 4.79 Å². The molecule has 16 heavy (non-hydrogen) atoms. The van der Waals surface area contributed by atoms with E-state index in [0.717, 1.165) is 11.0 Å². The van der Waals surface area contributed by atoms with Crippen molar-refractivity contribution in [3.05, 3.63) is 5.82 Å². The molecule has 0 amide bonds. The number of hydrogen-bond donors (Lipinski definition) is 1. The fourth-order valence-electron chi connectivity index (χ4n) is 1.83. The van der Waals surface area contributed by atoms with Crippen molar-refractivity contribution >= 4 is 17.7 Å². The van der Waals surface area contributed by atoms with E-state index in [0.29, 0.717) is 12.0 Å². The molecule has 1 fully saturated rings. The third kappa shape index (κ3) is 2.37. The Morgan fingerprint density at radius 1 is 1.62 bits per heavy atom. The van der Waals surface area contributed by atoms with Gasteiger partial charge in [0.05, 0.1) is 5.75 Å². The summed E-state index contributed by atoms with van der Waals surface area (Å²) in [5.74, 6) is 0.789. The normalized spacial score (nSPS) is 17.4. The van der Waals surface area contributed by atoms with E-state index in [-0.39, 0.29) is 5.75 Å². The molecule has 1 N–H and O–H groups in total. The molecule has 1 aromatic rings. The van der Waals surface area contributed by atoms with Crippen LogP contribution in [-0.4, -0.2) is 31.6 Å². The summed E-state index contributed by atoms with van der Waals surface area (Å²) in [6.45, 7) is 4.07. The van der Waals surface area contributed by atoms with Crippen LogP contribution in [0.3, 0.4) is 0 Å². The van der Waals surface area contributed by atoms with Crippen LogP contribution >= 0.6 is 11.8 Å². The van der Waals surface area contributed by atoms with Crippen molar-refractivity contribution in [2.45, 2.75) is 37.9 Å². The second kappa shape index (κ2) is 4.45. The number of nitrogens with zero attached hydrogens (tertiary/aromatic N) is 3. The van der Waals surface area contributed by atoms with Crippen LogP contribution in [-0.2, 0) is 4.79 Å². The SMILES string of the molecule is Cc1nnc(SCC(=O)O)n1C(C)C1CC1. The van der Waals surface area contributed by atoms with Crippen LogP contribution in [0, 0.1) is 12.8 Å². The molecule has 1 saturated carbocycles. The quantitative estimate of drug-likeness (QED) is 0.795. The highest BCUT2D eigenvalue weighted by molar-refractivity contribution is 7.99. The molecular weight excluding hydrogens is 226 g/mol. The van der Waals surface area contributed by atoms with Gasteiger partial charge in [-0.2, -0.15) is 0 Å². The zero-order chi connectivity index (χ0) is 11.7. The van der Waals surface area contributed by atoms with Crippen LogP contribution in [0.15, 0.2) is 5.16 Å². The smallest absolute Gasteiger partial charge is 0.313 e. The van der Waals surface area contributed by atoms with Crippen LogP contribution in [0.25, 0.3) is 0 Å². The maximum Gasteiger partial charge on any atom is 0.313 e. The van der Waals surface area contributed by atoms with Gasteiger partial charge in [0, 0.05) is 6.04 Å². The number of carboxylic acids is 1. The number of aromatic nitrogens is 3. The van der Waals surface area contributed by atoms with E-state index in [9.17, 15) is 4.79 Å². The maximum absolute atomic E-state index is 10.5. The summed E-state index contributed by atoms with van der Waals surface area (Å²) in [5.41, 5.74) is 0. The van der Waals surface area contributed by atoms with Crippen molar-refractivity contribution in [1.82, 2.24) is 14.8 Å². The number of carbonyl (C=O) groups is 1. The van der Waals surface area contributed by atoms with Gasteiger partial charge < -0.3 is 9.67 Å². The van der Waals surface area contributed by atoms with Gasteiger partial charge in [0.25, 0.3) is 0 Å². The minimum absolute atomic E-state index is 0.0372. The van der Waals surface area contributed by atoms with Gasteiger partial charge >= 0.3 is 5.97 Å². The summed E-state index contributed by atoms with van der Waals surface area (Å²) in [6, 6.07) is 0.381. The molecule has 0 aromatic carbocycles. The lowest BCUT2D eigenvalue weighted by atomic mass is 10.2. The number of aryl methyl sites for hydroxylation is 1. The zero-order valence-electron chi connectivity index (χ0n) is 9.38. The van der Waals surface area contributed by atoms with Gasteiger partial charge in [-0.05, 0) is 32.6 Å². The average molecular weight is 241 g/mol. The molecule has 0 bridgehead atoms. The number of carboxylic acid groups (broad SMARTS) is 1. The molecule has 1 atom stereocenters. The molecular formula is C10H15N3O2S. The summed E-state index contributed by atoms with van der Waals surface area (Å²) in [6.07, 6.45) is 2.50. The highest BCUT2D eigenvalue weighted by Crippen LogP contribution is 2.41.